The minimum atomic E-state index is -3.90. The van der Waals surface area contributed by atoms with E-state index in [9.17, 15) is 18.6 Å². The van der Waals surface area contributed by atoms with Gasteiger partial charge in [-0.25, -0.2) is 13.1 Å². The fourth-order valence-corrected chi connectivity index (χ4v) is 3.61. The quantitative estimate of drug-likeness (QED) is 0.749. The predicted molar refractivity (Wildman–Crippen MR) is 79.4 cm³/mol. The first-order chi connectivity index (χ1) is 9.83. The van der Waals surface area contributed by atoms with E-state index >= 15 is 0 Å². The van der Waals surface area contributed by atoms with Gasteiger partial charge >= 0.3 is 0 Å². The second kappa shape index (κ2) is 5.69. The highest BCUT2D eigenvalue weighted by Crippen LogP contribution is 2.25. The summed E-state index contributed by atoms with van der Waals surface area (Å²) in [4.78, 5) is 4.27. The minimum absolute atomic E-state index is 0.0734. The number of hydrogen-bond donors (Lipinski definition) is 3. The summed E-state index contributed by atoms with van der Waals surface area (Å²) in [5.74, 6) is 0. The number of rotatable bonds is 5. The van der Waals surface area contributed by atoms with Crippen LogP contribution < -0.4 is 4.72 Å². The number of benzene rings is 1. The summed E-state index contributed by atoms with van der Waals surface area (Å²) < 4.78 is 27.4. The maximum Gasteiger partial charge on any atom is 0.241 e. The largest absolute Gasteiger partial charge is 0.394 e. The molecule has 1 aromatic carbocycles. The Bertz CT molecular complexity index is 755. The van der Waals surface area contributed by atoms with Crippen LogP contribution in [0.2, 0.25) is 0 Å². The van der Waals surface area contributed by atoms with Gasteiger partial charge in [-0.2, -0.15) is 0 Å². The molecule has 7 heteroatoms. The molecule has 0 unspecified atom stereocenters. The molecular weight excluding hydrogens is 292 g/mol. The van der Waals surface area contributed by atoms with Gasteiger partial charge in [-0.15, -0.1) is 0 Å². The molecule has 1 heterocycles. The zero-order chi connectivity index (χ0) is 15.7. The molecule has 0 aliphatic heterocycles. The average molecular weight is 310 g/mol. The van der Waals surface area contributed by atoms with Crippen LogP contribution in [0.15, 0.2) is 35.4 Å². The van der Waals surface area contributed by atoms with Gasteiger partial charge in [0.05, 0.1) is 29.2 Å². The number of nitrogens with zero attached hydrogens (tertiary/aromatic N) is 1. The molecule has 0 saturated heterocycles. The lowest BCUT2D eigenvalue weighted by Gasteiger charge is -2.26. The van der Waals surface area contributed by atoms with E-state index in [1.165, 1.54) is 13.0 Å². The van der Waals surface area contributed by atoms with Crippen molar-refractivity contribution < 1.29 is 18.6 Å². The average Bonchev–Trinajstić information content (AvgIpc) is 2.47. The number of pyridine rings is 1. The molecule has 2 aromatic rings. The topological polar surface area (TPSA) is 99.5 Å². The first-order valence-electron chi connectivity index (χ1n) is 6.43. The summed E-state index contributed by atoms with van der Waals surface area (Å²) in [5, 5.41) is 19.0. The Balaban J connectivity index is 2.59. The van der Waals surface area contributed by atoms with Gasteiger partial charge in [0, 0.05) is 11.6 Å². The SMILES string of the molecule is Cc1ccc(S(=O)(=O)NC(C)(CO)CO)c2cccnc12. The zero-order valence-electron chi connectivity index (χ0n) is 11.9. The molecule has 0 spiro atoms. The van der Waals surface area contributed by atoms with Gasteiger partial charge in [-0.1, -0.05) is 6.07 Å². The molecule has 0 amide bonds. The first kappa shape index (κ1) is 15.8. The number of nitrogens with one attached hydrogen (secondary N) is 1. The maximum absolute atomic E-state index is 12.5. The smallest absolute Gasteiger partial charge is 0.241 e. The number of aromatic nitrogens is 1. The summed E-state index contributed by atoms with van der Waals surface area (Å²) >= 11 is 0. The van der Waals surface area contributed by atoms with Crippen molar-refractivity contribution in [1.29, 1.82) is 0 Å². The summed E-state index contributed by atoms with van der Waals surface area (Å²) in [5.41, 5.74) is 0.157. The molecule has 114 valence electrons. The van der Waals surface area contributed by atoms with Crippen LogP contribution >= 0.6 is 0 Å². The highest BCUT2D eigenvalue weighted by Gasteiger charge is 2.30. The summed E-state index contributed by atoms with van der Waals surface area (Å²) in [6.45, 7) is 2.26. The van der Waals surface area contributed by atoms with Crippen molar-refractivity contribution in [3.63, 3.8) is 0 Å². The molecule has 0 atom stereocenters. The van der Waals surface area contributed by atoms with Crippen molar-refractivity contribution in [2.75, 3.05) is 13.2 Å². The molecule has 0 saturated carbocycles. The number of sulfonamides is 1. The standard InChI is InChI=1S/C14H18N2O4S/c1-10-5-6-12(11-4-3-7-15-13(10)11)21(19,20)16-14(2,8-17)9-18/h3-7,16-18H,8-9H2,1-2H3. The molecule has 0 aliphatic rings. The van der Waals surface area contributed by atoms with Crippen LogP contribution in [0.1, 0.15) is 12.5 Å². The van der Waals surface area contributed by atoms with Crippen LogP contribution in [0.25, 0.3) is 10.9 Å². The van der Waals surface area contributed by atoms with Crippen molar-refractivity contribution in [1.82, 2.24) is 9.71 Å². The van der Waals surface area contributed by atoms with Gasteiger partial charge in [0.15, 0.2) is 0 Å². The third-order valence-corrected chi connectivity index (χ3v) is 5.00. The van der Waals surface area contributed by atoms with E-state index in [1.807, 2.05) is 6.92 Å². The highest BCUT2D eigenvalue weighted by molar-refractivity contribution is 7.89. The Labute approximate surface area is 123 Å². The van der Waals surface area contributed by atoms with Crippen LogP contribution in [0, 0.1) is 6.92 Å². The number of aliphatic hydroxyl groups excluding tert-OH is 2. The van der Waals surface area contributed by atoms with E-state index in [4.69, 9.17) is 0 Å². The van der Waals surface area contributed by atoms with Gasteiger partial charge < -0.3 is 10.2 Å². The van der Waals surface area contributed by atoms with Crippen molar-refractivity contribution in [2.45, 2.75) is 24.3 Å². The van der Waals surface area contributed by atoms with Crippen LogP contribution in [-0.2, 0) is 10.0 Å². The van der Waals surface area contributed by atoms with Crippen molar-refractivity contribution in [3.8, 4) is 0 Å². The molecule has 0 fully saturated rings. The van der Waals surface area contributed by atoms with Crippen molar-refractivity contribution in [3.05, 3.63) is 36.0 Å². The summed E-state index contributed by atoms with van der Waals surface area (Å²) in [6, 6.07) is 6.52. The third-order valence-electron chi connectivity index (χ3n) is 3.30. The van der Waals surface area contributed by atoms with Gasteiger partial charge in [0.25, 0.3) is 0 Å². The van der Waals surface area contributed by atoms with E-state index in [-0.39, 0.29) is 4.90 Å². The van der Waals surface area contributed by atoms with Crippen molar-refractivity contribution >= 4 is 20.9 Å². The lowest BCUT2D eigenvalue weighted by molar-refractivity contribution is 0.122. The van der Waals surface area contributed by atoms with E-state index in [2.05, 4.69) is 9.71 Å². The van der Waals surface area contributed by atoms with Gasteiger partial charge in [0.2, 0.25) is 10.0 Å². The second-order valence-corrected chi connectivity index (χ2v) is 6.91. The monoisotopic (exact) mass is 310 g/mol. The van der Waals surface area contributed by atoms with Crippen molar-refractivity contribution in [2.24, 2.45) is 0 Å². The fourth-order valence-electron chi connectivity index (χ4n) is 2.02. The fraction of sp³-hybridized carbons (Fsp3) is 0.357. The molecular formula is C14H18N2O4S. The van der Waals surface area contributed by atoms with Crippen LogP contribution in [-0.4, -0.2) is 42.4 Å². The van der Waals surface area contributed by atoms with Gasteiger partial charge in [0.1, 0.15) is 0 Å². The lowest BCUT2D eigenvalue weighted by atomic mass is 10.1. The highest BCUT2D eigenvalue weighted by atomic mass is 32.2. The molecule has 0 aliphatic carbocycles. The lowest BCUT2D eigenvalue weighted by Crippen LogP contribution is -2.51. The Hall–Kier alpha value is -1.54. The molecule has 1 aromatic heterocycles. The molecule has 6 nitrogen and oxygen atoms in total. The molecule has 0 bridgehead atoms. The molecule has 3 N–H and O–H groups in total. The maximum atomic E-state index is 12.5. The first-order valence-corrected chi connectivity index (χ1v) is 7.91. The summed E-state index contributed by atoms with van der Waals surface area (Å²) in [6.07, 6.45) is 1.60. The van der Waals surface area contributed by atoms with E-state index in [0.717, 1.165) is 5.56 Å². The van der Waals surface area contributed by atoms with Crippen LogP contribution in [0.4, 0.5) is 0 Å². The number of aryl methyl sites for hydroxylation is 1. The number of aliphatic hydroxyl groups is 2. The predicted octanol–water partition coefficient (Wildman–Crippen LogP) is 0.565. The molecule has 21 heavy (non-hydrogen) atoms. The number of hydrogen-bond acceptors (Lipinski definition) is 5. The van der Waals surface area contributed by atoms with Crippen LogP contribution in [0.5, 0.6) is 0 Å². The molecule has 0 radical (unpaired) electrons. The number of fused-ring (bicyclic) bond motifs is 1. The minimum Gasteiger partial charge on any atom is -0.394 e. The molecule has 2 rings (SSSR count). The zero-order valence-corrected chi connectivity index (χ0v) is 12.7. The summed E-state index contributed by atoms with van der Waals surface area (Å²) in [7, 11) is -3.90. The van der Waals surface area contributed by atoms with E-state index < -0.39 is 28.8 Å². The van der Waals surface area contributed by atoms with E-state index in [1.54, 1.807) is 24.4 Å². The van der Waals surface area contributed by atoms with Crippen LogP contribution in [0.3, 0.4) is 0 Å². The normalized spacial score (nSPS) is 12.8. The van der Waals surface area contributed by atoms with Gasteiger partial charge in [-0.3, -0.25) is 4.98 Å². The Morgan fingerprint density at radius 2 is 1.90 bits per heavy atom. The van der Waals surface area contributed by atoms with Gasteiger partial charge in [-0.05, 0) is 37.6 Å². The second-order valence-electron chi connectivity index (χ2n) is 5.26. The Morgan fingerprint density at radius 1 is 1.24 bits per heavy atom. The Morgan fingerprint density at radius 3 is 2.52 bits per heavy atom. The Kier molecular flexibility index (Phi) is 4.29. The van der Waals surface area contributed by atoms with E-state index in [0.29, 0.717) is 10.9 Å². The third kappa shape index (κ3) is 3.06.